The minimum absolute atomic E-state index is 0.0667. The molecule has 21 heavy (non-hydrogen) atoms. The summed E-state index contributed by atoms with van der Waals surface area (Å²) in [5.74, 6) is 0. The van der Waals surface area contributed by atoms with Gasteiger partial charge in [0.1, 0.15) is 0 Å². The molecule has 1 fully saturated rings. The summed E-state index contributed by atoms with van der Waals surface area (Å²) < 4.78 is 56.6. The lowest BCUT2D eigenvalue weighted by atomic mass is 10.0. The summed E-state index contributed by atoms with van der Waals surface area (Å²) in [6, 6.07) is 4.61. The van der Waals surface area contributed by atoms with Gasteiger partial charge in [-0.15, -0.1) is 0 Å². The van der Waals surface area contributed by atoms with Crippen molar-refractivity contribution in [3.8, 4) is 0 Å². The maximum atomic E-state index is 13.2. The number of hydrogen-bond donors (Lipinski definition) is 0. The summed E-state index contributed by atoms with van der Waals surface area (Å²) in [4.78, 5) is 0. The minimum atomic E-state index is -4.38. The molecule has 2 rings (SSSR count). The van der Waals surface area contributed by atoms with Crippen LogP contribution in [0, 0.1) is 0 Å². The molecule has 1 aromatic rings. The van der Waals surface area contributed by atoms with Crippen molar-refractivity contribution in [1.29, 1.82) is 0 Å². The monoisotopic (exact) mass is 320 g/mol. The van der Waals surface area contributed by atoms with Crippen LogP contribution in [0.2, 0.25) is 0 Å². The first-order valence-corrected chi connectivity index (χ1v) is 8.99. The van der Waals surface area contributed by atoms with Gasteiger partial charge in [0.25, 0.3) is 0 Å². The third-order valence-electron chi connectivity index (χ3n) is 3.93. The largest absolute Gasteiger partial charge is 0.416 e. The molecule has 2 nitrogen and oxygen atoms in total. The molecular weight excluding hydrogens is 300 g/mol. The molecule has 1 unspecified atom stereocenters. The highest BCUT2D eigenvalue weighted by atomic mass is 31.2. The van der Waals surface area contributed by atoms with Crippen molar-refractivity contribution in [2.24, 2.45) is 0 Å². The molecule has 0 amide bonds. The van der Waals surface area contributed by atoms with Gasteiger partial charge in [-0.1, -0.05) is 19.3 Å². The third-order valence-corrected chi connectivity index (χ3v) is 7.07. The van der Waals surface area contributed by atoms with Gasteiger partial charge in [0.15, 0.2) is 0 Å². The SMILES string of the molecule is CCOP(=O)(c1ccc(C(F)(F)F)cc1)C1CCCCC1. The molecule has 0 N–H and O–H groups in total. The zero-order valence-corrected chi connectivity index (χ0v) is 12.9. The first-order valence-electron chi connectivity index (χ1n) is 7.30. The summed E-state index contributed by atoms with van der Waals surface area (Å²) >= 11 is 0. The molecule has 1 saturated carbocycles. The van der Waals surface area contributed by atoms with Gasteiger partial charge < -0.3 is 4.52 Å². The fourth-order valence-corrected chi connectivity index (χ4v) is 5.64. The Labute approximate surface area is 123 Å². The van der Waals surface area contributed by atoms with E-state index < -0.39 is 19.1 Å². The molecule has 0 radical (unpaired) electrons. The van der Waals surface area contributed by atoms with E-state index in [4.69, 9.17) is 4.52 Å². The Hall–Kier alpha value is -0.800. The highest BCUT2D eigenvalue weighted by molar-refractivity contribution is 7.67. The predicted octanol–water partition coefficient (Wildman–Crippen LogP) is 4.98. The summed E-state index contributed by atoms with van der Waals surface area (Å²) in [7, 11) is -3.09. The van der Waals surface area contributed by atoms with Gasteiger partial charge in [0.2, 0.25) is 7.37 Å². The Balaban J connectivity index is 2.31. The standard InChI is InChI=1S/C15H20F3O2P/c1-2-20-21(19,13-6-4-3-5-7-13)14-10-8-12(9-11-14)15(16,17)18/h8-11,13H,2-7H2,1H3. The fourth-order valence-electron chi connectivity index (χ4n) is 2.86. The molecule has 0 aliphatic heterocycles. The van der Waals surface area contributed by atoms with Gasteiger partial charge in [0.05, 0.1) is 12.2 Å². The molecule has 1 atom stereocenters. The van der Waals surface area contributed by atoms with E-state index in [1.807, 2.05) is 0 Å². The van der Waals surface area contributed by atoms with Crippen molar-refractivity contribution in [2.75, 3.05) is 6.61 Å². The van der Waals surface area contributed by atoms with Crippen molar-refractivity contribution in [3.05, 3.63) is 29.8 Å². The minimum Gasteiger partial charge on any atom is -0.325 e. The van der Waals surface area contributed by atoms with E-state index in [2.05, 4.69) is 0 Å². The molecule has 1 aliphatic rings. The molecule has 0 aromatic heterocycles. The van der Waals surface area contributed by atoms with Crippen LogP contribution in [-0.2, 0) is 15.3 Å². The molecule has 0 saturated heterocycles. The van der Waals surface area contributed by atoms with Gasteiger partial charge in [-0.2, -0.15) is 13.2 Å². The third kappa shape index (κ3) is 3.70. The first kappa shape index (κ1) is 16.6. The Morgan fingerprint density at radius 1 is 1.14 bits per heavy atom. The van der Waals surface area contributed by atoms with Gasteiger partial charge >= 0.3 is 6.18 Å². The lowest BCUT2D eigenvalue weighted by Gasteiger charge is -2.30. The quantitative estimate of drug-likeness (QED) is 0.732. The van der Waals surface area contributed by atoms with E-state index in [1.165, 1.54) is 12.1 Å². The smallest absolute Gasteiger partial charge is 0.325 e. The van der Waals surface area contributed by atoms with Gasteiger partial charge in [0, 0.05) is 11.0 Å². The molecule has 0 heterocycles. The van der Waals surface area contributed by atoms with Crippen LogP contribution in [0.4, 0.5) is 13.2 Å². The number of alkyl halides is 3. The highest BCUT2D eigenvalue weighted by Crippen LogP contribution is 2.55. The van der Waals surface area contributed by atoms with E-state index in [0.717, 1.165) is 44.2 Å². The molecule has 0 spiro atoms. The number of hydrogen-bond acceptors (Lipinski definition) is 2. The molecule has 6 heteroatoms. The zero-order valence-electron chi connectivity index (χ0n) is 12.0. The van der Waals surface area contributed by atoms with Crippen LogP contribution >= 0.6 is 7.37 Å². The normalized spacial score (nSPS) is 20.2. The molecule has 1 aromatic carbocycles. The summed E-state index contributed by atoms with van der Waals surface area (Å²) in [5.41, 5.74) is -0.791. The highest BCUT2D eigenvalue weighted by Gasteiger charge is 2.37. The molecular formula is C15H20F3O2P. The Bertz CT molecular complexity index is 505. The van der Waals surface area contributed by atoms with Crippen LogP contribution in [0.15, 0.2) is 24.3 Å². The van der Waals surface area contributed by atoms with Crippen molar-refractivity contribution in [2.45, 2.75) is 50.9 Å². The van der Waals surface area contributed by atoms with E-state index >= 15 is 0 Å². The van der Waals surface area contributed by atoms with Crippen molar-refractivity contribution in [1.82, 2.24) is 0 Å². The predicted molar refractivity (Wildman–Crippen MR) is 77.2 cm³/mol. The van der Waals surface area contributed by atoms with Gasteiger partial charge in [-0.05, 0) is 44.0 Å². The number of halogens is 3. The van der Waals surface area contributed by atoms with Crippen LogP contribution < -0.4 is 5.30 Å². The lowest BCUT2D eigenvalue weighted by molar-refractivity contribution is -0.137. The van der Waals surface area contributed by atoms with Crippen LogP contribution in [0.25, 0.3) is 0 Å². The Morgan fingerprint density at radius 2 is 1.71 bits per heavy atom. The zero-order chi connectivity index (χ0) is 15.5. The van der Waals surface area contributed by atoms with Gasteiger partial charge in [-0.3, -0.25) is 4.57 Å². The topological polar surface area (TPSA) is 26.3 Å². The van der Waals surface area contributed by atoms with Crippen LogP contribution in [0.3, 0.4) is 0 Å². The Kier molecular flexibility index (Phi) is 5.15. The van der Waals surface area contributed by atoms with E-state index in [0.29, 0.717) is 11.9 Å². The average molecular weight is 320 g/mol. The van der Waals surface area contributed by atoms with Crippen LogP contribution in [-0.4, -0.2) is 12.3 Å². The summed E-state index contributed by atoms with van der Waals surface area (Å²) in [6.07, 6.45) is 0.385. The summed E-state index contributed by atoms with van der Waals surface area (Å²) in [6.45, 7) is 2.06. The van der Waals surface area contributed by atoms with E-state index in [1.54, 1.807) is 6.92 Å². The maximum absolute atomic E-state index is 13.2. The van der Waals surface area contributed by atoms with E-state index in [9.17, 15) is 17.7 Å². The maximum Gasteiger partial charge on any atom is 0.416 e. The van der Waals surface area contributed by atoms with Crippen molar-refractivity contribution < 1.29 is 22.3 Å². The molecule has 1 aliphatic carbocycles. The van der Waals surface area contributed by atoms with Crippen molar-refractivity contribution >= 4 is 12.7 Å². The second-order valence-corrected chi connectivity index (χ2v) is 8.05. The Morgan fingerprint density at radius 3 is 2.19 bits per heavy atom. The first-order chi connectivity index (χ1) is 9.88. The van der Waals surface area contributed by atoms with Crippen molar-refractivity contribution in [3.63, 3.8) is 0 Å². The second-order valence-electron chi connectivity index (χ2n) is 5.35. The number of rotatable bonds is 4. The lowest BCUT2D eigenvalue weighted by Crippen LogP contribution is -2.22. The molecule has 118 valence electrons. The van der Waals surface area contributed by atoms with Crippen LogP contribution in [0.5, 0.6) is 0 Å². The summed E-state index contributed by atoms with van der Waals surface area (Å²) in [5, 5.41) is 0.407. The second kappa shape index (κ2) is 6.53. The fraction of sp³-hybridized carbons (Fsp3) is 0.600. The van der Waals surface area contributed by atoms with Crippen LogP contribution in [0.1, 0.15) is 44.6 Å². The number of benzene rings is 1. The van der Waals surface area contributed by atoms with Gasteiger partial charge in [-0.25, -0.2) is 0 Å². The van der Waals surface area contributed by atoms with E-state index in [-0.39, 0.29) is 5.66 Å². The average Bonchev–Trinajstić information content (AvgIpc) is 2.47. The molecule has 0 bridgehead atoms.